The Hall–Kier alpha value is -2.48. The molecule has 1 amide bonds. The molecule has 1 aromatic rings. The lowest BCUT2D eigenvalue weighted by atomic mass is 9.99. The highest BCUT2D eigenvalue weighted by molar-refractivity contribution is 5.91. The van der Waals surface area contributed by atoms with E-state index in [0.717, 1.165) is 6.07 Å². The number of ether oxygens (including phenoxy) is 2. The molecule has 1 aliphatic rings. The minimum absolute atomic E-state index is 0.0734. The summed E-state index contributed by atoms with van der Waals surface area (Å²) in [6.07, 6.45) is -9.15. The number of nitrogens with zero attached hydrogens (tertiary/aromatic N) is 1. The van der Waals surface area contributed by atoms with Gasteiger partial charge in [0, 0.05) is 6.92 Å². The molecular weight excluding hydrogens is 368 g/mol. The number of aliphatic carboxylic acids is 1. The average Bonchev–Trinajstić information content (AvgIpc) is 2.56. The fourth-order valence-corrected chi connectivity index (χ4v) is 2.57. The first-order valence-corrected chi connectivity index (χ1v) is 7.70. The van der Waals surface area contributed by atoms with Crippen LogP contribution in [0, 0.1) is 12.1 Å². The molecule has 0 radical (unpaired) electrons. The number of amides is 1. The number of nitrogens with one attached hydrogen (secondary N) is 1. The molecule has 6 N–H and O–H groups in total. The molecule has 1 saturated heterocycles. The number of rotatable bonds is 5. The predicted molar refractivity (Wildman–Crippen MR) is 88.1 cm³/mol. The summed E-state index contributed by atoms with van der Waals surface area (Å²) in [5.74, 6) is -2.23. The van der Waals surface area contributed by atoms with Crippen LogP contribution in [-0.2, 0) is 14.3 Å². The van der Waals surface area contributed by atoms with Crippen LogP contribution in [0.4, 0.5) is 11.4 Å². The van der Waals surface area contributed by atoms with Gasteiger partial charge in [0.25, 0.3) is 0 Å². The minimum Gasteiger partial charge on any atom is -0.733 e. The van der Waals surface area contributed by atoms with Crippen LogP contribution < -0.4 is 15.3 Å². The Morgan fingerprint density at radius 3 is 2.37 bits per heavy atom. The molecular formula is C15H19N2O10-. The number of carbonyl (C=O) groups is 2. The molecule has 12 heteroatoms. The number of carboxylic acid groups (broad SMARTS) is 1. The number of hydrogen-bond donors (Lipinski definition) is 6. The maximum absolute atomic E-state index is 11.4. The third-order valence-electron chi connectivity index (χ3n) is 3.84. The molecule has 0 unspecified atom stereocenters. The van der Waals surface area contributed by atoms with Crippen LogP contribution in [0.1, 0.15) is 12.5 Å². The Labute approximate surface area is 152 Å². The summed E-state index contributed by atoms with van der Waals surface area (Å²) >= 11 is 0. The van der Waals surface area contributed by atoms with Crippen LogP contribution in [-0.4, -0.2) is 68.2 Å². The van der Waals surface area contributed by atoms with Gasteiger partial charge in [-0.3, -0.25) is 10.0 Å². The zero-order valence-electron chi connectivity index (χ0n) is 14.3. The maximum atomic E-state index is 11.4. The number of benzene rings is 1. The van der Waals surface area contributed by atoms with Crippen molar-refractivity contribution in [2.24, 2.45) is 0 Å². The SMILES string of the molecule is CC(=O)Nc1cc(N([O-])O)cc(C)c1O[C@@H]1O[C@H](C(=O)O)[C@@H](O)[C@H](O)[C@H]1O. The number of aliphatic hydroxyl groups excluding tert-OH is 3. The van der Waals surface area contributed by atoms with Crippen molar-refractivity contribution in [2.45, 2.75) is 44.6 Å². The van der Waals surface area contributed by atoms with Gasteiger partial charge in [0.2, 0.25) is 12.2 Å². The van der Waals surface area contributed by atoms with Crippen molar-refractivity contribution in [1.82, 2.24) is 0 Å². The van der Waals surface area contributed by atoms with Crippen molar-refractivity contribution >= 4 is 23.3 Å². The van der Waals surface area contributed by atoms with E-state index in [-0.39, 0.29) is 22.7 Å². The monoisotopic (exact) mass is 387 g/mol. The molecule has 0 aromatic heterocycles. The highest BCUT2D eigenvalue weighted by atomic mass is 16.8. The van der Waals surface area contributed by atoms with Crippen LogP contribution >= 0.6 is 0 Å². The van der Waals surface area contributed by atoms with Gasteiger partial charge in [-0.05, 0) is 24.6 Å². The first-order chi connectivity index (χ1) is 12.5. The summed E-state index contributed by atoms with van der Waals surface area (Å²) in [4.78, 5) is 22.6. The van der Waals surface area contributed by atoms with Crippen molar-refractivity contribution in [1.29, 1.82) is 0 Å². The Balaban J connectivity index is 2.39. The number of aliphatic hydroxyl groups is 3. The number of carbonyl (C=O) groups excluding carboxylic acids is 1. The van der Waals surface area contributed by atoms with Crippen molar-refractivity contribution in [2.75, 3.05) is 10.5 Å². The lowest BCUT2D eigenvalue weighted by molar-refractivity contribution is -0.271. The van der Waals surface area contributed by atoms with E-state index >= 15 is 0 Å². The quantitative estimate of drug-likeness (QED) is 0.337. The topological polar surface area (TPSA) is 192 Å². The standard InChI is InChI=1S/C15H19N2O10/c1-5-3-7(17(24)25)4-8(16-6(2)18)12(5)26-15-11(21)9(19)10(20)13(27-15)14(22)23/h3-4,9-11,13,15,19-21,24H,1-2H3,(H,16,18)(H,22,23)/q-1/t9-,10-,11+,13-,15+/m0/s1. The van der Waals surface area contributed by atoms with E-state index in [1.165, 1.54) is 19.9 Å². The predicted octanol–water partition coefficient (Wildman–Crippen LogP) is -1.08. The van der Waals surface area contributed by atoms with E-state index in [2.05, 4.69) is 5.32 Å². The number of carboxylic acids is 1. The summed E-state index contributed by atoms with van der Waals surface area (Å²) < 4.78 is 10.5. The Morgan fingerprint density at radius 1 is 1.22 bits per heavy atom. The summed E-state index contributed by atoms with van der Waals surface area (Å²) in [6, 6.07) is 2.27. The van der Waals surface area contributed by atoms with Gasteiger partial charge >= 0.3 is 5.97 Å². The fourth-order valence-electron chi connectivity index (χ4n) is 2.57. The maximum Gasteiger partial charge on any atom is 0.335 e. The Bertz CT molecular complexity index is 725. The Kier molecular flexibility index (Phi) is 6.20. The molecule has 1 aromatic carbocycles. The lowest BCUT2D eigenvalue weighted by Gasteiger charge is -2.39. The number of anilines is 2. The molecule has 2 rings (SSSR count). The zero-order chi connectivity index (χ0) is 20.5. The van der Waals surface area contributed by atoms with Crippen LogP contribution in [0.2, 0.25) is 0 Å². The molecule has 5 atom stereocenters. The van der Waals surface area contributed by atoms with Gasteiger partial charge in [-0.2, -0.15) is 0 Å². The molecule has 0 saturated carbocycles. The average molecular weight is 387 g/mol. The van der Waals surface area contributed by atoms with Gasteiger partial charge in [0.1, 0.15) is 24.1 Å². The minimum atomic E-state index is -1.89. The second-order valence-electron chi connectivity index (χ2n) is 5.95. The molecule has 0 bridgehead atoms. The van der Waals surface area contributed by atoms with Crippen molar-refractivity contribution in [3.05, 3.63) is 22.9 Å². The molecule has 0 aliphatic carbocycles. The lowest BCUT2D eigenvalue weighted by Crippen LogP contribution is -2.61. The van der Waals surface area contributed by atoms with E-state index in [1.54, 1.807) is 0 Å². The van der Waals surface area contributed by atoms with Crippen LogP contribution in [0.15, 0.2) is 12.1 Å². The molecule has 1 aliphatic heterocycles. The van der Waals surface area contributed by atoms with Crippen molar-refractivity contribution in [3.8, 4) is 5.75 Å². The van der Waals surface area contributed by atoms with Gasteiger partial charge in [-0.15, -0.1) is 0 Å². The largest absolute Gasteiger partial charge is 0.733 e. The van der Waals surface area contributed by atoms with Crippen LogP contribution in [0.5, 0.6) is 5.75 Å². The summed E-state index contributed by atoms with van der Waals surface area (Å²) in [6.45, 7) is 2.62. The molecule has 0 spiro atoms. The zero-order valence-corrected chi connectivity index (χ0v) is 14.3. The van der Waals surface area contributed by atoms with Crippen molar-refractivity contribution in [3.63, 3.8) is 0 Å². The molecule has 1 fully saturated rings. The van der Waals surface area contributed by atoms with E-state index in [9.17, 15) is 30.1 Å². The van der Waals surface area contributed by atoms with Crippen LogP contribution in [0.3, 0.4) is 0 Å². The highest BCUT2D eigenvalue weighted by Gasteiger charge is 2.48. The van der Waals surface area contributed by atoms with E-state index in [1.807, 2.05) is 0 Å². The van der Waals surface area contributed by atoms with E-state index < -0.39 is 47.8 Å². The molecule has 12 nitrogen and oxygen atoms in total. The third-order valence-corrected chi connectivity index (χ3v) is 3.84. The number of hydrogen-bond acceptors (Lipinski definition) is 10. The molecule has 150 valence electrons. The van der Waals surface area contributed by atoms with Gasteiger partial charge in [-0.25, -0.2) is 4.79 Å². The van der Waals surface area contributed by atoms with Gasteiger partial charge in [0.05, 0.1) is 11.4 Å². The second kappa shape index (κ2) is 8.04. The Morgan fingerprint density at radius 2 is 1.85 bits per heavy atom. The van der Waals surface area contributed by atoms with Crippen LogP contribution in [0.25, 0.3) is 0 Å². The van der Waals surface area contributed by atoms with Gasteiger partial charge in [-0.1, -0.05) is 0 Å². The third kappa shape index (κ3) is 4.44. The fraction of sp³-hybridized carbons (Fsp3) is 0.467. The van der Waals surface area contributed by atoms with Crippen molar-refractivity contribution < 1.29 is 44.7 Å². The van der Waals surface area contributed by atoms with E-state index in [4.69, 9.17) is 19.8 Å². The summed E-state index contributed by atoms with van der Waals surface area (Å²) in [7, 11) is 0. The normalized spacial score (nSPS) is 27.7. The first-order valence-electron chi connectivity index (χ1n) is 7.70. The highest BCUT2D eigenvalue weighted by Crippen LogP contribution is 2.36. The number of aryl methyl sites for hydroxylation is 1. The molecule has 1 heterocycles. The van der Waals surface area contributed by atoms with Gasteiger partial charge < -0.3 is 45.7 Å². The first kappa shape index (κ1) is 20.8. The van der Waals surface area contributed by atoms with E-state index in [0.29, 0.717) is 0 Å². The smallest absolute Gasteiger partial charge is 0.335 e. The van der Waals surface area contributed by atoms with Gasteiger partial charge in [0.15, 0.2) is 6.10 Å². The summed E-state index contributed by atoms with van der Waals surface area (Å²) in [5.41, 5.74) is -0.0855. The summed E-state index contributed by atoms with van der Waals surface area (Å²) in [5, 5.41) is 60.7. The second-order valence-corrected chi connectivity index (χ2v) is 5.95. The molecule has 27 heavy (non-hydrogen) atoms.